The summed E-state index contributed by atoms with van der Waals surface area (Å²) in [7, 11) is 0. The van der Waals surface area contributed by atoms with Gasteiger partial charge in [-0.25, -0.2) is 0 Å². The van der Waals surface area contributed by atoms with Crippen LogP contribution in [0.3, 0.4) is 0 Å². The molecule has 0 aliphatic heterocycles. The van der Waals surface area contributed by atoms with E-state index in [1.54, 1.807) is 0 Å². The van der Waals surface area contributed by atoms with Crippen molar-refractivity contribution in [2.45, 2.75) is 51.4 Å². The molecule has 1 rings (SSSR count). The maximum absolute atomic E-state index is 5.65. The first-order valence-electron chi connectivity index (χ1n) is 5.42. The van der Waals surface area contributed by atoms with Crippen molar-refractivity contribution in [3.63, 3.8) is 0 Å². The Morgan fingerprint density at radius 1 is 1.15 bits per heavy atom. The first-order chi connectivity index (χ1) is 6.33. The summed E-state index contributed by atoms with van der Waals surface area (Å²) in [5.74, 6) is 3.01. The molecule has 0 saturated heterocycles. The van der Waals surface area contributed by atoms with Gasteiger partial charge in [0.2, 0.25) is 0 Å². The van der Waals surface area contributed by atoms with Crippen LogP contribution in [0.2, 0.25) is 0 Å². The van der Waals surface area contributed by atoms with Crippen LogP contribution >= 0.6 is 0 Å². The largest absolute Gasteiger partial charge is 0.120 e. The third-order valence-corrected chi connectivity index (χ3v) is 3.15. The van der Waals surface area contributed by atoms with Gasteiger partial charge < -0.3 is 0 Å². The van der Waals surface area contributed by atoms with Gasteiger partial charge in [-0.1, -0.05) is 44.1 Å². The lowest BCUT2D eigenvalue weighted by molar-refractivity contribution is 0.296. The second kappa shape index (κ2) is 5.12. The Morgan fingerprint density at radius 3 is 2.15 bits per heavy atom. The smallest absolute Gasteiger partial charge is 0.0346 e. The van der Waals surface area contributed by atoms with Crippen LogP contribution < -0.4 is 0 Å². The van der Waals surface area contributed by atoms with Gasteiger partial charge in [0.15, 0.2) is 0 Å². The molecule has 0 heterocycles. The van der Waals surface area contributed by atoms with E-state index < -0.39 is 0 Å². The molecule has 0 N–H and O–H groups in total. The zero-order chi connectivity index (χ0) is 9.57. The Balaban J connectivity index is 2.58. The second-order valence-electron chi connectivity index (χ2n) is 4.19. The molecular weight excluding hydrogens is 156 g/mol. The van der Waals surface area contributed by atoms with E-state index in [9.17, 15) is 0 Å². The lowest BCUT2D eigenvalue weighted by Crippen LogP contribution is -2.19. The molecule has 1 fully saturated rings. The van der Waals surface area contributed by atoms with Crippen LogP contribution in [0, 0.1) is 17.8 Å². The average molecular weight is 176 g/mol. The van der Waals surface area contributed by atoms with E-state index in [0.717, 1.165) is 6.42 Å². The topological polar surface area (TPSA) is 0 Å². The highest BCUT2D eigenvalue weighted by molar-refractivity contribution is 5.08. The van der Waals surface area contributed by atoms with Gasteiger partial charge in [-0.2, -0.15) is 0 Å². The summed E-state index contributed by atoms with van der Waals surface area (Å²) < 4.78 is 0. The molecule has 0 aromatic rings. The van der Waals surface area contributed by atoms with Crippen LogP contribution in [0.1, 0.15) is 51.4 Å². The van der Waals surface area contributed by atoms with E-state index in [1.807, 2.05) is 6.08 Å². The van der Waals surface area contributed by atoms with Crippen molar-refractivity contribution in [1.29, 1.82) is 0 Å². The van der Waals surface area contributed by atoms with Crippen LogP contribution in [-0.4, -0.2) is 0 Å². The summed E-state index contributed by atoms with van der Waals surface area (Å²) in [4.78, 5) is 0. The monoisotopic (exact) mass is 176 g/mol. The molecule has 0 atom stereocenters. The second-order valence-corrected chi connectivity index (χ2v) is 4.19. The molecule has 1 aliphatic rings. The molecular formula is C13H20. The Kier molecular flexibility index (Phi) is 4.09. The van der Waals surface area contributed by atoms with E-state index in [-0.39, 0.29) is 5.41 Å². The van der Waals surface area contributed by atoms with E-state index in [2.05, 4.69) is 12.5 Å². The molecule has 0 unspecified atom stereocenters. The van der Waals surface area contributed by atoms with Crippen LogP contribution in [0.15, 0.2) is 12.7 Å². The van der Waals surface area contributed by atoms with Crippen molar-refractivity contribution >= 4 is 0 Å². The zero-order valence-electron chi connectivity index (χ0n) is 8.52. The van der Waals surface area contributed by atoms with E-state index >= 15 is 0 Å². The minimum atomic E-state index is 0.155. The van der Waals surface area contributed by atoms with Crippen LogP contribution in [0.5, 0.6) is 0 Å². The van der Waals surface area contributed by atoms with E-state index in [4.69, 9.17) is 6.42 Å². The molecule has 0 nitrogen and oxygen atoms in total. The molecule has 0 radical (unpaired) electrons. The summed E-state index contributed by atoms with van der Waals surface area (Å²) in [5, 5.41) is 0. The maximum Gasteiger partial charge on any atom is 0.0346 e. The van der Waals surface area contributed by atoms with Gasteiger partial charge in [0, 0.05) is 5.41 Å². The molecule has 0 aromatic heterocycles. The van der Waals surface area contributed by atoms with Gasteiger partial charge in [0.25, 0.3) is 0 Å². The molecule has 13 heavy (non-hydrogen) atoms. The molecule has 0 bridgehead atoms. The van der Waals surface area contributed by atoms with E-state index in [0.29, 0.717) is 0 Å². The van der Waals surface area contributed by atoms with Gasteiger partial charge in [0.05, 0.1) is 0 Å². The normalized spacial score (nSPS) is 22.4. The van der Waals surface area contributed by atoms with Crippen molar-refractivity contribution in [2.75, 3.05) is 0 Å². The minimum Gasteiger partial charge on any atom is -0.120 e. The number of allylic oxidation sites excluding steroid dienone is 1. The average Bonchev–Trinajstić information content (AvgIpc) is 2.10. The van der Waals surface area contributed by atoms with Gasteiger partial charge in [-0.3, -0.25) is 0 Å². The van der Waals surface area contributed by atoms with Crippen molar-refractivity contribution in [3.8, 4) is 12.3 Å². The fourth-order valence-corrected chi connectivity index (χ4v) is 2.27. The molecule has 1 saturated carbocycles. The lowest BCUT2D eigenvalue weighted by Gasteiger charge is -2.29. The Labute approximate surface area is 82.4 Å². The Bertz CT molecular complexity index is 187. The summed E-state index contributed by atoms with van der Waals surface area (Å²) in [6.07, 6.45) is 17.8. The third-order valence-electron chi connectivity index (χ3n) is 3.15. The predicted molar refractivity (Wildman–Crippen MR) is 58.4 cm³/mol. The van der Waals surface area contributed by atoms with Crippen molar-refractivity contribution < 1.29 is 0 Å². The van der Waals surface area contributed by atoms with Gasteiger partial charge in [-0.15, -0.1) is 13.0 Å². The van der Waals surface area contributed by atoms with Crippen molar-refractivity contribution in [3.05, 3.63) is 12.7 Å². The zero-order valence-corrected chi connectivity index (χ0v) is 8.52. The third kappa shape index (κ3) is 2.92. The van der Waals surface area contributed by atoms with Crippen LogP contribution in [-0.2, 0) is 0 Å². The van der Waals surface area contributed by atoms with Crippen molar-refractivity contribution in [2.24, 2.45) is 5.41 Å². The minimum absolute atomic E-state index is 0.155. The van der Waals surface area contributed by atoms with Crippen LogP contribution in [0.25, 0.3) is 0 Å². The fourth-order valence-electron chi connectivity index (χ4n) is 2.27. The van der Waals surface area contributed by atoms with Crippen molar-refractivity contribution in [1.82, 2.24) is 0 Å². The molecule has 72 valence electrons. The highest BCUT2D eigenvalue weighted by Gasteiger charge is 2.25. The highest BCUT2D eigenvalue weighted by Crippen LogP contribution is 2.36. The molecule has 0 amide bonds. The van der Waals surface area contributed by atoms with Gasteiger partial charge in [0.1, 0.15) is 0 Å². The Morgan fingerprint density at radius 2 is 1.69 bits per heavy atom. The number of terminal acetylenes is 1. The standard InChI is InChI=1S/C13H20/c1-3-10-13(4-2)11-8-6-5-7-9-12-13/h2-3H,1,5-12H2. The summed E-state index contributed by atoms with van der Waals surface area (Å²) in [5.41, 5.74) is 0.155. The molecule has 0 aromatic carbocycles. The quantitative estimate of drug-likeness (QED) is 0.442. The first kappa shape index (κ1) is 10.4. The maximum atomic E-state index is 5.65. The lowest BCUT2D eigenvalue weighted by atomic mass is 9.74. The van der Waals surface area contributed by atoms with Crippen LogP contribution in [0.4, 0.5) is 0 Å². The summed E-state index contributed by atoms with van der Waals surface area (Å²) in [6.45, 7) is 3.81. The van der Waals surface area contributed by atoms with Gasteiger partial charge >= 0.3 is 0 Å². The summed E-state index contributed by atoms with van der Waals surface area (Å²) in [6, 6.07) is 0. The Hall–Kier alpha value is -0.700. The number of hydrogen-bond acceptors (Lipinski definition) is 0. The van der Waals surface area contributed by atoms with Gasteiger partial charge in [-0.05, 0) is 19.3 Å². The fraction of sp³-hybridized carbons (Fsp3) is 0.692. The number of rotatable bonds is 2. The highest BCUT2D eigenvalue weighted by atomic mass is 14.3. The molecule has 1 aliphatic carbocycles. The molecule has 0 spiro atoms. The molecule has 0 heteroatoms. The summed E-state index contributed by atoms with van der Waals surface area (Å²) >= 11 is 0. The first-order valence-corrected chi connectivity index (χ1v) is 5.42. The SMILES string of the molecule is C#CC1(CC=C)CCCCCCC1. The predicted octanol–water partition coefficient (Wildman–Crippen LogP) is 3.93. The number of hydrogen-bond donors (Lipinski definition) is 0. The van der Waals surface area contributed by atoms with E-state index in [1.165, 1.54) is 44.9 Å².